The fourth-order valence-corrected chi connectivity index (χ4v) is 5.60. The van der Waals surface area contributed by atoms with Crippen LogP contribution in [0.15, 0.2) is 48.9 Å². The highest BCUT2D eigenvalue weighted by molar-refractivity contribution is 5.98. The molecule has 2 fully saturated rings. The highest BCUT2D eigenvalue weighted by Crippen LogP contribution is 2.32. The smallest absolute Gasteiger partial charge is 0.257 e. The number of benzene rings is 2. The number of aliphatic hydroxyl groups excluding tert-OH is 1. The summed E-state index contributed by atoms with van der Waals surface area (Å²) in [5, 5.41) is 15.9. The normalized spacial score (nSPS) is 18.5. The van der Waals surface area contributed by atoms with Crippen LogP contribution in [0, 0.1) is 11.6 Å². The molecule has 2 aliphatic rings. The molecule has 1 unspecified atom stereocenters. The van der Waals surface area contributed by atoms with Gasteiger partial charge in [-0.25, -0.2) is 14.4 Å². The van der Waals surface area contributed by atoms with E-state index in [9.17, 15) is 23.5 Å². The maximum atomic E-state index is 14.8. The van der Waals surface area contributed by atoms with Crippen LogP contribution in [0.1, 0.15) is 16.8 Å². The second kappa shape index (κ2) is 12.1. The van der Waals surface area contributed by atoms with Crippen molar-refractivity contribution in [3.8, 4) is 22.8 Å². The molecule has 14 heteroatoms. The maximum absolute atomic E-state index is 14.8. The Kier molecular flexibility index (Phi) is 8.01. The van der Waals surface area contributed by atoms with E-state index in [2.05, 4.69) is 20.6 Å². The van der Waals surface area contributed by atoms with E-state index in [1.807, 2.05) is 0 Å². The number of imidazole rings is 1. The van der Waals surface area contributed by atoms with Crippen molar-refractivity contribution < 1.29 is 33.0 Å². The van der Waals surface area contributed by atoms with Crippen LogP contribution in [0.4, 0.5) is 20.3 Å². The van der Waals surface area contributed by atoms with Crippen LogP contribution in [-0.4, -0.2) is 100 Å². The molecule has 4 heterocycles. The van der Waals surface area contributed by atoms with Crippen molar-refractivity contribution in [1.29, 1.82) is 0 Å². The second-order valence-electron chi connectivity index (χ2n) is 10.6. The van der Waals surface area contributed by atoms with Gasteiger partial charge in [0.15, 0.2) is 23.0 Å². The molecule has 230 valence electrons. The number of aliphatic hydroxyl groups is 1. The molecular formula is C30H31F2N7O5. The lowest BCUT2D eigenvalue weighted by Gasteiger charge is -2.36. The van der Waals surface area contributed by atoms with Crippen LogP contribution in [0.25, 0.3) is 16.9 Å². The fourth-order valence-electron chi connectivity index (χ4n) is 5.60. The molecule has 0 bridgehead atoms. The van der Waals surface area contributed by atoms with Crippen molar-refractivity contribution in [2.24, 2.45) is 0 Å². The number of nitrogens with one attached hydrogen (secondary N) is 2. The summed E-state index contributed by atoms with van der Waals surface area (Å²) in [5.74, 6) is -1.94. The number of fused-ring (bicyclic) bond motifs is 1. The number of rotatable bonds is 7. The zero-order valence-corrected chi connectivity index (χ0v) is 24.1. The molecule has 2 atom stereocenters. The van der Waals surface area contributed by atoms with Crippen molar-refractivity contribution >= 4 is 29.0 Å². The molecule has 6 rings (SSSR count). The summed E-state index contributed by atoms with van der Waals surface area (Å²) in [5.41, 5.74) is 1.63. The standard InChI is InChI=1S/C30H31F2N7O5/c1-43-23-6-5-19(25(31)26(23)32)22-16-35-28-27(33-7-8-39(22)28)36-17-3-4-20(24(13-17)44-2)29(41)37-9-11-38(12-10-37)30(42)21-14-18(40)15-34-21/h3-8,13,16,18,21,34,40H,9-12,14-15H2,1-2H3,(H,33,36)/t18-,21?/m1/s1. The monoisotopic (exact) mass is 607 g/mol. The zero-order chi connectivity index (χ0) is 31.0. The topological polar surface area (TPSA) is 134 Å². The number of amides is 2. The highest BCUT2D eigenvalue weighted by atomic mass is 19.2. The minimum absolute atomic E-state index is 0.0108. The van der Waals surface area contributed by atoms with E-state index in [1.54, 1.807) is 38.6 Å². The first-order valence-corrected chi connectivity index (χ1v) is 14.1. The molecule has 12 nitrogen and oxygen atoms in total. The molecule has 2 aromatic carbocycles. The Balaban J connectivity index is 1.17. The molecule has 0 saturated carbocycles. The van der Waals surface area contributed by atoms with Gasteiger partial charge < -0.3 is 35.0 Å². The number of carbonyl (C=O) groups is 2. The van der Waals surface area contributed by atoms with Crippen molar-refractivity contribution in [2.45, 2.75) is 18.6 Å². The van der Waals surface area contributed by atoms with Crippen LogP contribution in [-0.2, 0) is 4.79 Å². The molecule has 4 aromatic rings. The van der Waals surface area contributed by atoms with Crippen LogP contribution in [0.5, 0.6) is 11.5 Å². The molecule has 0 radical (unpaired) electrons. The third-order valence-electron chi connectivity index (χ3n) is 7.95. The average Bonchev–Trinajstić information content (AvgIpc) is 3.68. The third-order valence-corrected chi connectivity index (χ3v) is 7.95. The van der Waals surface area contributed by atoms with E-state index < -0.39 is 23.8 Å². The molecule has 2 saturated heterocycles. The first-order chi connectivity index (χ1) is 21.3. The number of anilines is 2. The van der Waals surface area contributed by atoms with Crippen LogP contribution < -0.4 is 20.1 Å². The third kappa shape index (κ3) is 5.37. The summed E-state index contributed by atoms with van der Waals surface area (Å²) in [6.45, 7) is 1.94. The SMILES string of the molecule is COc1cc(Nc2nccn3c(-c4ccc(OC)c(F)c4F)cnc23)ccc1C(=O)N1CCN(C(=O)C2C[C@@H](O)CN2)CC1. The number of piperazine rings is 1. The van der Waals surface area contributed by atoms with Gasteiger partial charge in [-0.3, -0.25) is 14.0 Å². The Morgan fingerprint density at radius 2 is 1.75 bits per heavy atom. The molecular weight excluding hydrogens is 576 g/mol. The van der Waals surface area contributed by atoms with Crippen LogP contribution >= 0.6 is 0 Å². The Hall–Kier alpha value is -4.82. The lowest BCUT2D eigenvalue weighted by Crippen LogP contribution is -2.54. The quantitative estimate of drug-likeness (QED) is 0.290. The number of carbonyl (C=O) groups excluding carboxylic acids is 2. The average molecular weight is 608 g/mol. The molecule has 2 amide bonds. The molecule has 2 aliphatic heterocycles. The minimum atomic E-state index is -1.09. The molecule has 44 heavy (non-hydrogen) atoms. The predicted molar refractivity (Wildman–Crippen MR) is 156 cm³/mol. The summed E-state index contributed by atoms with van der Waals surface area (Å²) >= 11 is 0. The van der Waals surface area contributed by atoms with Gasteiger partial charge in [-0.2, -0.15) is 4.39 Å². The van der Waals surface area contributed by atoms with Gasteiger partial charge in [0.1, 0.15) is 5.75 Å². The summed E-state index contributed by atoms with van der Waals surface area (Å²) < 4.78 is 41.2. The number of aromatic nitrogens is 3. The number of hydrogen-bond donors (Lipinski definition) is 3. The fraction of sp³-hybridized carbons (Fsp3) is 0.333. The molecule has 2 aromatic heterocycles. The first-order valence-electron chi connectivity index (χ1n) is 14.1. The summed E-state index contributed by atoms with van der Waals surface area (Å²) in [6.07, 6.45) is 4.39. The highest BCUT2D eigenvalue weighted by Gasteiger charge is 2.34. The van der Waals surface area contributed by atoms with Crippen molar-refractivity contribution in [3.63, 3.8) is 0 Å². The van der Waals surface area contributed by atoms with E-state index in [4.69, 9.17) is 9.47 Å². The summed E-state index contributed by atoms with van der Waals surface area (Å²) in [4.78, 5) is 38.3. The lowest BCUT2D eigenvalue weighted by molar-refractivity contribution is -0.134. The van der Waals surface area contributed by atoms with Gasteiger partial charge in [0.25, 0.3) is 5.91 Å². The Morgan fingerprint density at radius 1 is 1.00 bits per heavy atom. The number of methoxy groups -OCH3 is 2. The van der Waals surface area contributed by atoms with Crippen LogP contribution in [0.3, 0.4) is 0 Å². The van der Waals surface area contributed by atoms with Crippen molar-refractivity contribution in [1.82, 2.24) is 29.5 Å². The number of halogens is 2. The maximum Gasteiger partial charge on any atom is 0.257 e. The summed E-state index contributed by atoms with van der Waals surface area (Å²) in [6, 6.07) is 7.40. The molecule has 0 spiro atoms. The predicted octanol–water partition coefficient (Wildman–Crippen LogP) is 2.44. The van der Waals surface area contributed by atoms with Crippen LogP contribution in [0.2, 0.25) is 0 Å². The van der Waals surface area contributed by atoms with Gasteiger partial charge >= 0.3 is 0 Å². The van der Waals surface area contributed by atoms with Gasteiger partial charge in [0, 0.05) is 62.4 Å². The molecule has 0 aliphatic carbocycles. The van der Waals surface area contributed by atoms with Gasteiger partial charge in [0.2, 0.25) is 11.7 Å². The number of nitrogens with zero attached hydrogens (tertiary/aromatic N) is 5. The Bertz CT molecular complexity index is 1720. The first kappa shape index (κ1) is 29.3. The number of β-amino-alcohol motifs (C(OH)–C–C–N with tert-alkyl or cyclic N) is 1. The second-order valence-corrected chi connectivity index (χ2v) is 10.6. The van der Waals surface area contributed by atoms with Crippen molar-refractivity contribution in [3.05, 3.63) is 66.1 Å². The largest absolute Gasteiger partial charge is 0.496 e. The van der Waals surface area contributed by atoms with E-state index in [0.717, 1.165) is 0 Å². The van der Waals surface area contributed by atoms with E-state index in [-0.39, 0.29) is 23.1 Å². The summed E-state index contributed by atoms with van der Waals surface area (Å²) in [7, 11) is 2.73. The molecule has 3 N–H and O–H groups in total. The van der Waals surface area contributed by atoms with E-state index >= 15 is 0 Å². The van der Waals surface area contributed by atoms with Gasteiger partial charge in [-0.1, -0.05) is 0 Å². The zero-order valence-electron chi connectivity index (χ0n) is 24.1. The van der Waals surface area contributed by atoms with Gasteiger partial charge in [0.05, 0.1) is 43.8 Å². The van der Waals surface area contributed by atoms with E-state index in [1.165, 1.54) is 38.7 Å². The minimum Gasteiger partial charge on any atom is -0.496 e. The van der Waals surface area contributed by atoms with E-state index in [0.29, 0.717) is 73.3 Å². The van der Waals surface area contributed by atoms with Gasteiger partial charge in [-0.15, -0.1) is 0 Å². The Morgan fingerprint density at radius 3 is 2.45 bits per heavy atom. The van der Waals surface area contributed by atoms with Crippen molar-refractivity contribution in [2.75, 3.05) is 52.3 Å². The number of ether oxygens (including phenoxy) is 2. The Labute approximate surface area is 251 Å². The van der Waals surface area contributed by atoms with Gasteiger partial charge in [-0.05, 0) is 30.7 Å². The lowest BCUT2D eigenvalue weighted by atomic mass is 10.1. The number of hydrogen-bond acceptors (Lipinski definition) is 9.